The minimum atomic E-state index is 0.0820. The van der Waals surface area contributed by atoms with Gasteiger partial charge in [-0.3, -0.25) is 4.79 Å². The topological polar surface area (TPSA) is 25.2 Å². The third kappa shape index (κ3) is 2.37. The molecule has 0 atom stereocenters. The van der Waals surface area contributed by atoms with Crippen LogP contribution in [-0.4, -0.2) is 17.0 Å². The number of fused-ring (bicyclic) bond motifs is 2. The number of hydrogen-bond donors (Lipinski definition) is 0. The number of carbonyl (C=O) groups excluding carboxylic acids is 1. The number of anilines is 1. The molecule has 0 spiro atoms. The number of carbonyl (C=O) groups is 1. The second kappa shape index (κ2) is 5.69. The number of para-hydroxylation sites is 1. The number of hydrogen-bond acceptors (Lipinski definition) is 2. The van der Waals surface area contributed by atoms with Crippen LogP contribution in [0.2, 0.25) is 4.34 Å². The fourth-order valence-corrected chi connectivity index (χ4v) is 4.59. The summed E-state index contributed by atoms with van der Waals surface area (Å²) in [5.74, 6) is 0.0820. The van der Waals surface area contributed by atoms with Gasteiger partial charge < -0.3 is 9.47 Å². The molecule has 5 heteroatoms. The van der Waals surface area contributed by atoms with Crippen LogP contribution in [0.15, 0.2) is 36.4 Å². The molecule has 118 valence electrons. The quantitative estimate of drug-likeness (QED) is 0.644. The van der Waals surface area contributed by atoms with Crippen LogP contribution < -0.4 is 4.90 Å². The first-order chi connectivity index (χ1) is 11.2. The Morgan fingerprint density at radius 1 is 1.30 bits per heavy atom. The zero-order valence-corrected chi connectivity index (χ0v) is 14.5. The van der Waals surface area contributed by atoms with Gasteiger partial charge in [0.05, 0.1) is 14.6 Å². The van der Waals surface area contributed by atoms with Gasteiger partial charge in [-0.15, -0.1) is 11.3 Å². The largest absolute Gasteiger partial charge is 0.336 e. The first kappa shape index (κ1) is 14.8. The van der Waals surface area contributed by atoms with Gasteiger partial charge in [-0.2, -0.15) is 0 Å². The Kier molecular flexibility index (Phi) is 3.66. The van der Waals surface area contributed by atoms with Crippen molar-refractivity contribution in [2.45, 2.75) is 26.3 Å². The summed E-state index contributed by atoms with van der Waals surface area (Å²) in [6, 6.07) is 12.1. The number of benzene rings is 1. The van der Waals surface area contributed by atoms with Gasteiger partial charge in [0, 0.05) is 18.8 Å². The minimum Gasteiger partial charge on any atom is -0.336 e. The van der Waals surface area contributed by atoms with E-state index >= 15 is 0 Å². The number of halogens is 1. The number of thiophene rings is 1. The first-order valence-electron chi connectivity index (χ1n) is 7.87. The lowest BCUT2D eigenvalue weighted by molar-refractivity contribution is 0.0977. The van der Waals surface area contributed by atoms with Crippen molar-refractivity contribution in [3.63, 3.8) is 0 Å². The molecule has 0 saturated carbocycles. The Morgan fingerprint density at radius 3 is 2.96 bits per heavy atom. The van der Waals surface area contributed by atoms with Crippen molar-refractivity contribution in [3.05, 3.63) is 52.0 Å². The summed E-state index contributed by atoms with van der Waals surface area (Å²) in [6.07, 6.45) is 2.05. The molecule has 3 heterocycles. The summed E-state index contributed by atoms with van der Waals surface area (Å²) in [5, 5.41) is 0. The molecule has 0 radical (unpaired) electrons. The fraction of sp³-hybridized carbons (Fsp3) is 0.278. The fourth-order valence-electron chi connectivity index (χ4n) is 3.41. The highest BCUT2D eigenvalue weighted by Crippen LogP contribution is 2.34. The number of amides is 1. The maximum atomic E-state index is 13.2. The molecule has 1 aliphatic rings. The zero-order chi connectivity index (χ0) is 16.0. The van der Waals surface area contributed by atoms with Gasteiger partial charge in [-0.25, -0.2) is 0 Å². The van der Waals surface area contributed by atoms with E-state index < -0.39 is 0 Å². The third-order valence-corrected chi connectivity index (χ3v) is 5.65. The van der Waals surface area contributed by atoms with Crippen molar-refractivity contribution in [2.75, 3.05) is 11.4 Å². The van der Waals surface area contributed by atoms with Gasteiger partial charge >= 0.3 is 0 Å². The molecule has 0 fully saturated rings. The van der Waals surface area contributed by atoms with Gasteiger partial charge in [-0.1, -0.05) is 29.8 Å². The molecule has 0 saturated heterocycles. The first-order valence-corrected chi connectivity index (χ1v) is 9.07. The van der Waals surface area contributed by atoms with Crippen LogP contribution in [-0.2, 0) is 13.0 Å². The maximum Gasteiger partial charge on any atom is 0.274 e. The van der Waals surface area contributed by atoms with Crippen molar-refractivity contribution in [1.29, 1.82) is 0 Å². The highest BCUT2D eigenvalue weighted by atomic mass is 35.5. The monoisotopic (exact) mass is 344 g/mol. The average Bonchev–Trinajstić information content (AvgIpc) is 3.09. The second-order valence-corrected chi connectivity index (χ2v) is 7.48. The zero-order valence-electron chi connectivity index (χ0n) is 12.9. The summed E-state index contributed by atoms with van der Waals surface area (Å²) in [4.78, 5) is 15.1. The highest BCUT2D eigenvalue weighted by Gasteiger charge is 2.26. The van der Waals surface area contributed by atoms with E-state index in [0.717, 1.165) is 51.9 Å². The van der Waals surface area contributed by atoms with Gasteiger partial charge in [0.2, 0.25) is 0 Å². The van der Waals surface area contributed by atoms with Crippen LogP contribution in [0, 0.1) is 0 Å². The maximum absolute atomic E-state index is 13.2. The van der Waals surface area contributed by atoms with E-state index in [-0.39, 0.29) is 5.91 Å². The smallest absolute Gasteiger partial charge is 0.274 e. The predicted octanol–water partition coefficient (Wildman–Crippen LogP) is 4.97. The molecule has 1 amide bonds. The Balaban J connectivity index is 1.80. The van der Waals surface area contributed by atoms with Gasteiger partial charge in [0.25, 0.3) is 5.91 Å². The van der Waals surface area contributed by atoms with Gasteiger partial charge in [-0.05, 0) is 43.5 Å². The van der Waals surface area contributed by atoms with Gasteiger partial charge in [0.1, 0.15) is 5.69 Å². The minimum absolute atomic E-state index is 0.0820. The molecular weight excluding hydrogens is 328 g/mol. The van der Waals surface area contributed by atoms with E-state index in [1.165, 1.54) is 16.9 Å². The van der Waals surface area contributed by atoms with Crippen molar-refractivity contribution < 1.29 is 4.79 Å². The van der Waals surface area contributed by atoms with Crippen LogP contribution in [0.25, 0.3) is 10.2 Å². The summed E-state index contributed by atoms with van der Waals surface area (Å²) in [6.45, 7) is 3.60. The molecule has 0 bridgehead atoms. The Hall–Kier alpha value is -1.78. The van der Waals surface area contributed by atoms with Crippen LogP contribution in [0.4, 0.5) is 5.69 Å². The molecule has 0 unspecified atom stereocenters. The Morgan fingerprint density at radius 2 is 2.13 bits per heavy atom. The Labute approximate surface area is 144 Å². The lowest BCUT2D eigenvalue weighted by atomic mass is 10.0. The molecule has 3 nitrogen and oxygen atoms in total. The van der Waals surface area contributed by atoms with Crippen LogP contribution in [0.3, 0.4) is 0 Å². The van der Waals surface area contributed by atoms with E-state index in [1.807, 2.05) is 35.2 Å². The summed E-state index contributed by atoms with van der Waals surface area (Å²) in [7, 11) is 0. The van der Waals surface area contributed by atoms with Crippen molar-refractivity contribution in [2.24, 2.45) is 0 Å². The van der Waals surface area contributed by atoms with Gasteiger partial charge in [0.15, 0.2) is 0 Å². The molecule has 0 aliphatic carbocycles. The van der Waals surface area contributed by atoms with Crippen LogP contribution >= 0.6 is 22.9 Å². The predicted molar refractivity (Wildman–Crippen MR) is 96.9 cm³/mol. The SMILES string of the molecule is CCn1c(C(=O)N2CCCc3ccccc32)cc2sc(Cl)cc21. The third-order valence-electron chi connectivity index (χ3n) is 4.45. The second-order valence-electron chi connectivity index (χ2n) is 5.76. The lowest BCUT2D eigenvalue weighted by Crippen LogP contribution is -2.36. The highest BCUT2D eigenvalue weighted by molar-refractivity contribution is 7.22. The van der Waals surface area contributed by atoms with Crippen molar-refractivity contribution >= 4 is 44.7 Å². The molecule has 4 rings (SSSR count). The standard InChI is InChI=1S/C18H17ClN2OS/c1-2-20-14-11-17(19)23-16(14)10-15(20)18(22)21-9-5-7-12-6-3-4-8-13(12)21/h3-4,6,8,10-11H,2,5,7,9H2,1H3. The van der Waals surface area contributed by atoms with Crippen LogP contribution in [0.5, 0.6) is 0 Å². The van der Waals surface area contributed by atoms with E-state index in [0.29, 0.717) is 0 Å². The molecule has 1 aliphatic heterocycles. The number of aromatic nitrogens is 1. The number of rotatable bonds is 2. The average molecular weight is 345 g/mol. The Bertz CT molecular complexity index is 896. The molecule has 23 heavy (non-hydrogen) atoms. The van der Waals surface area contributed by atoms with Crippen LogP contribution in [0.1, 0.15) is 29.4 Å². The summed E-state index contributed by atoms with van der Waals surface area (Å²) < 4.78 is 3.90. The van der Waals surface area contributed by atoms with Crippen molar-refractivity contribution in [3.8, 4) is 0 Å². The molecule has 2 aromatic heterocycles. The lowest BCUT2D eigenvalue weighted by Gasteiger charge is -2.29. The molecule has 1 aromatic carbocycles. The summed E-state index contributed by atoms with van der Waals surface area (Å²) in [5.41, 5.74) is 4.11. The number of aryl methyl sites for hydroxylation is 2. The van der Waals surface area contributed by atoms with E-state index in [1.54, 1.807) is 0 Å². The number of nitrogens with zero attached hydrogens (tertiary/aromatic N) is 2. The molecular formula is C18H17ClN2OS. The van der Waals surface area contributed by atoms with E-state index in [9.17, 15) is 4.79 Å². The van der Waals surface area contributed by atoms with Crippen molar-refractivity contribution in [1.82, 2.24) is 4.57 Å². The normalized spacial score (nSPS) is 14.3. The summed E-state index contributed by atoms with van der Waals surface area (Å²) >= 11 is 7.64. The van der Waals surface area contributed by atoms with E-state index in [2.05, 4.69) is 17.6 Å². The molecule has 3 aromatic rings. The molecule has 0 N–H and O–H groups in total. The van der Waals surface area contributed by atoms with E-state index in [4.69, 9.17) is 11.6 Å².